The van der Waals surface area contributed by atoms with E-state index in [4.69, 9.17) is 4.74 Å². The number of fused-ring (bicyclic) bond motifs is 2. The van der Waals surface area contributed by atoms with Crippen molar-refractivity contribution in [2.24, 2.45) is 0 Å². The van der Waals surface area contributed by atoms with Crippen LogP contribution in [0.3, 0.4) is 0 Å². The summed E-state index contributed by atoms with van der Waals surface area (Å²) in [6, 6.07) is 2.09. The second-order valence-corrected chi connectivity index (χ2v) is 5.51. The van der Waals surface area contributed by atoms with Gasteiger partial charge in [0.05, 0.1) is 6.61 Å². The Balaban J connectivity index is 1.81. The summed E-state index contributed by atoms with van der Waals surface area (Å²) in [5, 5.41) is 3.67. The van der Waals surface area contributed by atoms with E-state index in [0.717, 1.165) is 13.1 Å². The summed E-state index contributed by atoms with van der Waals surface area (Å²) in [6.45, 7) is 6.35. The Bertz CT molecular complexity index is 318. The summed E-state index contributed by atoms with van der Waals surface area (Å²) in [7, 11) is 0. The van der Waals surface area contributed by atoms with Gasteiger partial charge < -0.3 is 10.1 Å². The molecule has 0 aromatic heterocycles. The maximum atomic E-state index is 11.3. The minimum Gasteiger partial charge on any atom is -0.463 e. The van der Waals surface area contributed by atoms with Crippen molar-refractivity contribution in [2.45, 2.75) is 57.7 Å². The first-order valence-corrected chi connectivity index (χ1v) is 7.56. The van der Waals surface area contributed by atoms with Crippen molar-refractivity contribution in [3.05, 3.63) is 12.2 Å². The molecule has 2 heterocycles. The van der Waals surface area contributed by atoms with Crippen LogP contribution >= 0.6 is 0 Å². The Morgan fingerprint density at radius 1 is 1.32 bits per heavy atom. The number of piperidine rings is 1. The van der Waals surface area contributed by atoms with Crippen LogP contribution in [0.5, 0.6) is 0 Å². The highest BCUT2D eigenvalue weighted by Crippen LogP contribution is 2.29. The fourth-order valence-corrected chi connectivity index (χ4v) is 3.34. The van der Waals surface area contributed by atoms with E-state index in [2.05, 4.69) is 17.1 Å². The molecule has 0 radical (unpaired) electrons. The normalized spacial score (nSPS) is 30.2. The van der Waals surface area contributed by atoms with Crippen molar-refractivity contribution in [3.8, 4) is 0 Å². The number of likely N-dealkylation sites (N-methyl/N-ethyl adjacent to an activating group) is 1. The predicted molar refractivity (Wildman–Crippen MR) is 76.0 cm³/mol. The van der Waals surface area contributed by atoms with Crippen LogP contribution in [0.15, 0.2) is 12.2 Å². The highest BCUT2D eigenvalue weighted by atomic mass is 16.5. The zero-order valence-electron chi connectivity index (χ0n) is 12.1. The number of carbonyl (C=O) groups is 1. The van der Waals surface area contributed by atoms with E-state index in [1.54, 1.807) is 6.08 Å². The van der Waals surface area contributed by atoms with Gasteiger partial charge in [-0.3, -0.25) is 4.90 Å². The summed E-state index contributed by atoms with van der Waals surface area (Å²) >= 11 is 0. The number of ether oxygens (including phenoxy) is 1. The van der Waals surface area contributed by atoms with Crippen molar-refractivity contribution in [3.63, 3.8) is 0 Å². The average molecular weight is 266 g/mol. The Morgan fingerprint density at radius 3 is 2.58 bits per heavy atom. The molecule has 0 aromatic rings. The molecule has 2 atom stereocenters. The second kappa shape index (κ2) is 7.06. The maximum Gasteiger partial charge on any atom is 0.330 e. The minimum absolute atomic E-state index is 0.232. The van der Waals surface area contributed by atoms with Crippen LogP contribution < -0.4 is 5.32 Å². The van der Waals surface area contributed by atoms with Crippen LogP contribution in [0.1, 0.15) is 39.5 Å². The maximum absolute atomic E-state index is 11.3. The van der Waals surface area contributed by atoms with E-state index in [1.807, 2.05) is 13.0 Å². The lowest BCUT2D eigenvalue weighted by Crippen LogP contribution is -2.48. The van der Waals surface area contributed by atoms with E-state index in [1.165, 1.54) is 25.7 Å². The largest absolute Gasteiger partial charge is 0.463 e. The molecule has 0 aliphatic carbocycles. The van der Waals surface area contributed by atoms with Crippen molar-refractivity contribution in [1.82, 2.24) is 10.2 Å². The molecule has 2 bridgehead atoms. The van der Waals surface area contributed by atoms with Crippen LogP contribution in [0.2, 0.25) is 0 Å². The zero-order valence-corrected chi connectivity index (χ0v) is 12.1. The van der Waals surface area contributed by atoms with Gasteiger partial charge in [0.2, 0.25) is 0 Å². The molecule has 0 aromatic carbocycles. The van der Waals surface area contributed by atoms with Gasteiger partial charge in [0, 0.05) is 30.7 Å². The van der Waals surface area contributed by atoms with Crippen LogP contribution in [0, 0.1) is 0 Å². The molecule has 1 N–H and O–H groups in total. The topological polar surface area (TPSA) is 41.6 Å². The second-order valence-electron chi connectivity index (χ2n) is 5.51. The van der Waals surface area contributed by atoms with Gasteiger partial charge in [0.25, 0.3) is 0 Å². The quantitative estimate of drug-likeness (QED) is 0.587. The van der Waals surface area contributed by atoms with Gasteiger partial charge in [0.15, 0.2) is 0 Å². The standard InChI is InChI=1S/C15H26N2O2/c1-3-17(9-5-6-15(18)19-4-2)14-10-12-7-8-13(11-14)16-12/h5-6,12-14,16H,3-4,7-11H2,1-2H3/b6-5+. The van der Waals surface area contributed by atoms with Crippen LogP contribution in [0.25, 0.3) is 0 Å². The molecule has 2 aliphatic rings. The Kier molecular flexibility index (Phi) is 5.40. The number of hydrogen-bond acceptors (Lipinski definition) is 4. The first-order valence-electron chi connectivity index (χ1n) is 7.56. The van der Waals surface area contributed by atoms with Crippen molar-refractivity contribution in [2.75, 3.05) is 19.7 Å². The first-order chi connectivity index (χ1) is 9.22. The van der Waals surface area contributed by atoms with E-state index in [9.17, 15) is 4.79 Å². The molecule has 2 rings (SSSR count). The summed E-state index contributed by atoms with van der Waals surface area (Å²) in [6.07, 6.45) is 8.65. The van der Waals surface area contributed by atoms with E-state index in [-0.39, 0.29) is 5.97 Å². The van der Waals surface area contributed by atoms with Gasteiger partial charge in [-0.25, -0.2) is 4.79 Å². The zero-order chi connectivity index (χ0) is 13.7. The molecule has 0 saturated carbocycles. The van der Waals surface area contributed by atoms with E-state index >= 15 is 0 Å². The van der Waals surface area contributed by atoms with Gasteiger partial charge in [-0.1, -0.05) is 13.0 Å². The summed E-state index contributed by atoms with van der Waals surface area (Å²) in [5.41, 5.74) is 0. The van der Waals surface area contributed by atoms with Gasteiger partial charge in [-0.05, 0) is 39.2 Å². The lowest BCUT2D eigenvalue weighted by Gasteiger charge is -2.36. The fourth-order valence-electron chi connectivity index (χ4n) is 3.34. The van der Waals surface area contributed by atoms with Gasteiger partial charge >= 0.3 is 5.97 Å². The van der Waals surface area contributed by atoms with Crippen molar-refractivity contribution >= 4 is 5.97 Å². The number of hydrogen-bond donors (Lipinski definition) is 1. The molecule has 4 heteroatoms. The molecule has 4 nitrogen and oxygen atoms in total. The van der Waals surface area contributed by atoms with Crippen LogP contribution in [-0.4, -0.2) is 48.7 Å². The first kappa shape index (κ1) is 14.5. The average Bonchev–Trinajstić information content (AvgIpc) is 2.74. The summed E-state index contributed by atoms with van der Waals surface area (Å²) in [5.74, 6) is -0.232. The SMILES string of the molecule is CCOC(=O)/C=C/CN(CC)C1CC2CCC(C1)N2. The van der Waals surface area contributed by atoms with Crippen molar-refractivity contribution < 1.29 is 9.53 Å². The molecule has 2 fully saturated rings. The monoisotopic (exact) mass is 266 g/mol. The van der Waals surface area contributed by atoms with E-state index < -0.39 is 0 Å². The molecule has 19 heavy (non-hydrogen) atoms. The molecule has 0 amide bonds. The lowest BCUT2D eigenvalue weighted by molar-refractivity contribution is -0.137. The Morgan fingerprint density at radius 2 is 2.00 bits per heavy atom. The summed E-state index contributed by atoms with van der Waals surface area (Å²) in [4.78, 5) is 13.7. The number of nitrogens with zero attached hydrogens (tertiary/aromatic N) is 1. The fraction of sp³-hybridized carbons (Fsp3) is 0.800. The smallest absolute Gasteiger partial charge is 0.330 e. The molecule has 2 unspecified atom stereocenters. The minimum atomic E-state index is -0.232. The molecule has 0 spiro atoms. The number of rotatable bonds is 6. The summed E-state index contributed by atoms with van der Waals surface area (Å²) < 4.78 is 4.89. The molecule has 2 aliphatic heterocycles. The lowest BCUT2D eigenvalue weighted by atomic mass is 9.98. The van der Waals surface area contributed by atoms with Gasteiger partial charge in [0.1, 0.15) is 0 Å². The van der Waals surface area contributed by atoms with Gasteiger partial charge in [-0.2, -0.15) is 0 Å². The molecule has 108 valence electrons. The number of carbonyl (C=O) groups excluding carboxylic acids is 1. The third-order valence-electron chi connectivity index (χ3n) is 4.25. The molecular weight excluding hydrogens is 240 g/mol. The highest BCUT2D eigenvalue weighted by molar-refractivity contribution is 5.81. The predicted octanol–water partition coefficient (Wildman–Crippen LogP) is 1.71. The Hall–Kier alpha value is -0.870. The van der Waals surface area contributed by atoms with Gasteiger partial charge in [-0.15, -0.1) is 0 Å². The third-order valence-corrected chi connectivity index (χ3v) is 4.25. The third kappa shape index (κ3) is 4.05. The number of esters is 1. The van der Waals surface area contributed by atoms with E-state index in [0.29, 0.717) is 24.7 Å². The van der Waals surface area contributed by atoms with Crippen molar-refractivity contribution in [1.29, 1.82) is 0 Å². The molecule has 2 saturated heterocycles. The van der Waals surface area contributed by atoms with Crippen LogP contribution in [0.4, 0.5) is 0 Å². The Labute approximate surface area is 116 Å². The number of nitrogens with one attached hydrogen (secondary N) is 1. The van der Waals surface area contributed by atoms with Crippen LogP contribution in [-0.2, 0) is 9.53 Å². The molecular formula is C15H26N2O2. The highest BCUT2D eigenvalue weighted by Gasteiger charge is 2.35.